The molecule has 0 radical (unpaired) electrons. The lowest BCUT2D eigenvalue weighted by molar-refractivity contribution is -0.149. The molecule has 164 valence electrons. The van der Waals surface area contributed by atoms with Crippen molar-refractivity contribution < 1.29 is 19.1 Å². The summed E-state index contributed by atoms with van der Waals surface area (Å²) >= 11 is 14.6. The number of Topliss-reactive ketones (excluding diaryl/α,β-unsaturated/α-hetero) is 1. The Morgan fingerprint density at radius 3 is 2.63 bits per heavy atom. The maximum atomic E-state index is 13.1. The number of carbonyl (C=O) groups excluding carboxylic acids is 3. The van der Waals surface area contributed by atoms with E-state index in [0.29, 0.717) is 6.42 Å². The third kappa shape index (κ3) is 2.89. The van der Waals surface area contributed by atoms with Gasteiger partial charge in [-0.05, 0) is 61.0 Å². The van der Waals surface area contributed by atoms with E-state index in [-0.39, 0.29) is 52.6 Å². The second kappa shape index (κ2) is 7.20. The van der Waals surface area contributed by atoms with Gasteiger partial charge in [0.25, 0.3) is 0 Å². The quantitative estimate of drug-likeness (QED) is 0.452. The number of ketones is 2. The highest BCUT2D eigenvalue weighted by Gasteiger charge is 2.70. The molecule has 3 saturated carbocycles. The molecule has 0 spiro atoms. The van der Waals surface area contributed by atoms with Gasteiger partial charge < -0.3 is 4.74 Å². The Morgan fingerprint density at radius 2 is 1.97 bits per heavy atom. The smallest absolute Gasteiger partial charge is 0.303 e. The van der Waals surface area contributed by atoms with Gasteiger partial charge in [0.1, 0.15) is 6.61 Å². The molecule has 0 bridgehead atoms. The van der Waals surface area contributed by atoms with E-state index in [1.165, 1.54) is 6.92 Å². The number of carbonyl (C=O) groups is 3. The van der Waals surface area contributed by atoms with Crippen LogP contribution in [0.25, 0.3) is 0 Å². The van der Waals surface area contributed by atoms with Crippen molar-refractivity contribution in [3.63, 3.8) is 0 Å². The Labute approximate surface area is 188 Å². The molecule has 8 atom stereocenters. The van der Waals surface area contributed by atoms with E-state index in [1.807, 2.05) is 6.08 Å². The van der Waals surface area contributed by atoms with E-state index in [4.69, 9.17) is 27.9 Å². The van der Waals surface area contributed by atoms with Gasteiger partial charge in [-0.15, -0.1) is 23.2 Å². The molecule has 0 aromatic rings. The molecule has 4 aliphatic rings. The predicted octanol–water partition coefficient (Wildman–Crippen LogP) is 4.87. The summed E-state index contributed by atoms with van der Waals surface area (Å²) in [5, 5.41) is -0.341. The molecule has 0 aromatic carbocycles. The maximum absolute atomic E-state index is 13.1. The van der Waals surface area contributed by atoms with E-state index in [1.54, 1.807) is 12.2 Å². The minimum atomic E-state index is -0.701. The van der Waals surface area contributed by atoms with E-state index in [0.717, 1.165) is 24.8 Å². The Hall–Kier alpha value is -1.13. The average Bonchev–Trinajstić information content (AvgIpc) is 2.91. The van der Waals surface area contributed by atoms with Crippen molar-refractivity contribution in [3.8, 4) is 0 Å². The number of rotatable bonds is 3. The zero-order chi connectivity index (χ0) is 22.1. The van der Waals surface area contributed by atoms with Gasteiger partial charge in [-0.1, -0.05) is 32.4 Å². The zero-order valence-electron chi connectivity index (χ0n) is 18.0. The standard InChI is InChI=1S/C24H30Cl2O4/c1-13-9-18-17-6-5-15-10-16(28)7-8-23(15,4)24(17,26)20(25)11-22(18,3)21(13)19(29)12-30-14(2)27/h7-8,10,13,17-18,20-21H,5-6,9,11-12H2,1-4H3/t13-,17?,18?,20?,21?,22?,23?,24+/m1/s1. The van der Waals surface area contributed by atoms with Gasteiger partial charge in [0.05, 0.1) is 10.3 Å². The molecule has 0 saturated heterocycles. The number of fused-ring (bicyclic) bond motifs is 5. The van der Waals surface area contributed by atoms with Crippen LogP contribution in [0.15, 0.2) is 23.8 Å². The normalized spacial score (nSPS) is 47.1. The number of hydrogen-bond acceptors (Lipinski definition) is 4. The Bertz CT molecular complexity index is 863. The molecule has 4 nitrogen and oxygen atoms in total. The summed E-state index contributed by atoms with van der Waals surface area (Å²) in [5.41, 5.74) is 0.323. The van der Waals surface area contributed by atoms with E-state index < -0.39 is 16.3 Å². The molecule has 30 heavy (non-hydrogen) atoms. The van der Waals surface area contributed by atoms with Crippen molar-refractivity contribution in [3.05, 3.63) is 23.8 Å². The third-order valence-corrected chi connectivity index (χ3v) is 10.2. The van der Waals surface area contributed by atoms with Crippen molar-refractivity contribution in [1.82, 2.24) is 0 Å². The second-order valence-corrected chi connectivity index (χ2v) is 11.4. The Morgan fingerprint density at radius 1 is 1.27 bits per heavy atom. The molecule has 0 aliphatic heterocycles. The number of esters is 1. The molecule has 0 N–H and O–H groups in total. The highest BCUT2D eigenvalue weighted by atomic mass is 35.5. The number of hydrogen-bond donors (Lipinski definition) is 0. The largest absolute Gasteiger partial charge is 0.458 e. The lowest BCUT2D eigenvalue weighted by atomic mass is 9.47. The fourth-order valence-corrected chi connectivity index (χ4v) is 8.70. The first-order valence-electron chi connectivity index (χ1n) is 10.9. The lowest BCUT2D eigenvalue weighted by Crippen LogP contribution is -2.64. The molecule has 0 amide bonds. The first kappa shape index (κ1) is 22.1. The Kier molecular flexibility index (Phi) is 5.30. The van der Waals surface area contributed by atoms with Gasteiger partial charge in [0, 0.05) is 18.3 Å². The molecule has 6 unspecified atom stereocenters. The highest BCUT2D eigenvalue weighted by Crippen LogP contribution is 2.71. The van der Waals surface area contributed by atoms with Gasteiger partial charge in [0.15, 0.2) is 11.6 Å². The SMILES string of the molecule is CC(=O)OCC(=O)C1[C@H](C)CC2C3CCC4=CC(=O)C=CC4(C)[C@@]3(Cl)C(Cl)CC21C. The Balaban J connectivity index is 1.71. The average molecular weight is 453 g/mol. The van der Waals surface area contributed by atoms with Crippen LogP contribution in [0.5, 0.6) is 0 Å². The maximum Gasteiger partial charge on any atom is 0.303 e. The molecule has 3 fully saturated rings. The van der Waals surface area contributed by atoms with Gasteiger partial charge in [-0.25, -0.2) is 0 Å². The number of allylic oxidation sites excluding steroid dienone is 4. The van der Waals surface area contributed by atoms with Crippen LogP contribution in [0, 0.1) is 34.5 Å². The van der Waals surface area contributed by atoms with Gasteiger partial charge in [-0.3, -0.25) is 14.4 Å². The van der Waals surface area contributed by atoms with E-state index in [2.05, 4.69) is 20.8 Å². The van der Waals surface area contributed by atoms with Crippen LogP contribution < -0.4 is 0 Å². The first-order chi connectivity index (χ1) is 13.9. The van der Waals surface area contributed by atoms with Gasteiger partial charge in [-0.2, -0.15) is 0 Å². The third-order valence-electron chi connectivity index (χ3n) is 8.70. The molecule has 4 aliphatic carbocycles. The fraction of sp³-hybridized carbons (Fsp3) is 0.708. The van der Waals surface area contributed by atoms with Gasteiger partial charge >= 0.3 is 5.97 Å². The molecular weight excluding hydrogens is 423 g/mol. The summed E-state index contributed by atoms with van der Waals surface area (Å²) < 4.78 is 5.04. The molecular formula is C24H30Cl2O4. The topological polar surface area (TPSA) is 60.4 Å². The first-order valence-corrected chi connectivity index (χ1v) is 11.7. The number of halogens is 2. The fourth-order valence-electron chi connectivity index (χ4n) is 7.46. The van der Waals surface area contributed by atoms with Crippen LogP contribution in [-0.2, 0) is 19.1 Å². The van der Waals surface area contributed by atoms with Crippen LogP contribution in [0.2, 0.25) is 0 Å². The van der Waals surface area contributed by atoms with Crippen LogP contribution in [-0.4, -0.2) is 34.4 Å². The van der Waals surface area contributed by atoms with E-state index in [9.17, 15) is 14.4 Å². The van der Waals surface area contributed by atoms with Crippen molar-refractivity contribution in [1.29, 1.82) is 0 Å². The molecule has 4 rings (SSSR count). The van der Waals surface area contributed by atoms with Crippen LogP contribution in [0.3, 0.4) is 0 Å². The van der Waals surface area contributed by atoms with E-state index >= 15 is 0 Å². The van der Waals surface area contributed by atoms with Crippen LogP contribution in [0.1, 0.15) is 53.4 Å². The minimum absolute atomic E-state index is 0.0126. The number of alkyl halides is 2. The van der Waals surface area contributed by atoms with Crippen molar-refractivity contribution in [2.75, 3.05) is 6.61 Å². The van der Waals surface area contributed by atoms with Crippen molar-refractivity contribution >= 4 is 40.7 Å². The number of ether oxygens (including phenoxy) is 1. The minimum Gasteiger partial charge on any atom is -0.458 e. The van der Waals surface area contributed by atoms with Crippen molar-refractivity contribution in [2.24, 2.45) is 34.5 Å². The predicted molar refractivity (Wildman–Crippen MR) is 116 cm³/mol. The summed E-state index contributed by atoms with van der Waals surface area (Å²) in [6, 6.07) is 0. The second-order valence-electron chi connectivity index (χ2n) is 10.2. The van der Waals surface area contributed by atoms with Crippen LogP contribution >= 0.6 is 23.2 Å². The van der Waals surface area contributed by atoms with Crippen molar-refractivity contribution in [2.45, 2.75) is 63.6 Å². The monoisotopic (exact) mass is 452 g/mol. The molecule has 0 heterocycles. The molecule has 0 aromatic heterocycles. The van der Waals surface area contributed by atoms with Crippen LogP contribution in [0.4, 0.5) is 0 Å². The summed E-state index contributed by atoms with van der Waals surface area (Å²) in [5.74, 6) is -0.0488. The summed E-state index contributed by atoms with van der Waals surface area (Å²) in [4.78, 5) is 35.6. The zero-order valence-corrected chi connectivity index (χ0v) is 19.6. The highest BCUT2D eigenvalue weighted by molar-refractivity contribution is 6.34. The lowest BCUT2D eigenvalue weighted by Gasteiger charge is -2.63. The summed E-state index contributed by atoms with van der Waals surface area (Å²) in [7, 11) is 0. The summed E-state index contributed by atoms with van der Waals surface area (Å²) in [6.07, 6.45) is 8.55. The van der Waals surface area contributed by atoms with Gasteiger partial charge in [0.2, 0.25) is 0 Å². The summed E-state index contributed by atoms with van der Waals surface area (Å²) in [6.45, 7) is 7.56. The molecule has 6 heteroatoms.